The smallest absolute Gasteiger partial charge is 0.413 e. The van der Waals surface area contributed by atoms with Gasteiger partial charge in [-0.3, -0.25) is 5.32 Å². The van der Waals surface area contributed by atoms with Crippen molar-refractivity contribution < 1.29 is 18.7 Å². The third-order valence-electron chi connectivity index (χ3n) is 5.64. The molecule has 0 saturated carbocycles. The van der Waals surface area contributed by atoms with Crippen molar-refractivity contribution in [3.8, 4) is 34.4 Å². The minimum absolute atomic E-state index is 0.253. The van der Waals surface area contributed by atoms with Gasteiger partial charge in [0.15, 0.2) is 5.76 Å². The van der Waals surface area contributed by atoms with Gasteiger partial charge < -0.3 is 18.8 Å². The molecule has 35 heavy (non-hydrogen) atoms. The van der Waals surface area contributed by atoms with Crippen LogP contribution in [-0.2, 0) is 4.74 Å². The zero-order valence-electron chi connectivity index (χ0n) is 20.8. The monoisotopic (exact) mass is 474 g/mol. The second kappa shape index (κ2) is 9.71. The van der Waals surface area contributed by atoms with Crippen LogP contribution in [0.2, 0.25) is 0 Å². The molecule has 1 aliphatic rings. The van der Waals surface area contributed by atoms with Gasteiger partial charge in [0.2, 0.25) is 0 Å². The Kier molecular flexibility index (Phi) is 6.70. The van der Waals surface area contributed by atoms with Crippen molar-refractivity contribution in [1.29, 1.82) is 5.26 Å². The van der Waals surface area contributed by atoms with Gasteiger partial charge >= 0.3 is 6.09 Å². The average Bonchev–Trinajstić information content (AvgIpc) is 3.49. The molecule has 0 aliphatic carbocycles. The largest absolute Gasteiger partial charge is 0.497 e. The molecule has 4 rings (SSSR count). The summed E-state index contributed by atoms with van der Waals surface area (Å²) in [5, 5.41) is 12.9. The van der Waals surface area contributed by atoms with Crippen LogP contribution in [0.15, 0.2) is 40.8 Å². The Morgan fingerprint density at radius 1 is 1.17 bits per heavy atom. The molecule has 1 fully saturated rings. The van der Waals surface area contributed by atoms with Gasteiger partial charge in [-0.15, -0.1) is 0 Å². The van der Waals surface area contributed by atoms with Crippen LogP contribution in [0, 0.1) is 18.3 Å². The van der Waals surface area contributed by atoms with E-state index in [9.17, 15) is 10.1 Å². The van der Waals surface area contributed by atoms with Gasteiger partial charge in [-0.1, -0.05) is 0 Å². The van der Waals surface area contributed by atoms with Gasteiger partial charge in [-0.2, -0.15) is 5.26 Å². The van der Waals surface area contributed by atoms with Crippen molar-refractivity contribution in [3.05, 3.63) is 47.7 Å². The maximum atomic E-state index is 12.5. The first-order valence-electron chi connectivity index (χ1n) is 11.6. The minimum Gasteiger partial charge on any atom is -0.497 e. The summed E-state index contributed by atoms with van der Waals surface area (Å²) >= 11 is 0. The number of aromatic nitrogens is 1. The Labute approximate surface area is 205 Å². The Hall–Kier alpha value is -3.99. The number of carbonyl (C=O) groups is 1. The van der Waals surface area contributed by atoms with E-state index in [0.29, 0.717) is 34.1 Å². The molecule has 0 bridgehead atoms. The first kappa shape index (κ1) is 24.1. The lowest BCUT2D eigenvalue weighted by Crippen LogP contribution is -2.27. The Balaban J connectivity index is 1.87. The van der Waals surface area contributed by atoms with Gasteiger partial charge in [0.1, 0.15) is 34.7 Å². The summed E-state index contributed by atoms with van der Waals surface area (Å²) in [4.78, 5) is 19.4. The number of pyridine rings is 1. The molecule has 1 saturated heterocycles. The highest BCUT2D eigenvalue weighted by molar-refractivity contribution is 5.88. The molecule has 8 nitrogen and oxygen atoms in total. The number of nitrogens with one attached hydrogen (secondary N) is 1. The molecule has 0 radical (unpaired) electrons. The summed E-state index contributed by atoms with van der Waals surface area (Å²) in [6.45, 7) is 9.13. The third kappa shape index (κ3) is 5.57. The van der Waals surface area contributed by atoms with Crippen molar-refractivity contribution in [2.75, 3.05) is 30.4 Å². The van der Waals surface area contributed by atoms with Crippen molar-refractivity contribution in [1.82, 2.24) is 4.98 Å². The standard InChI is InChI=1S/C27H30N4O4/c1-17-8-9-23(34-17)25-22(16-28)21(15-24(29-25)30-26(32)35-27(2,3)4)18-12-19(14-20(13-18)33-5)31-10-6-7-11-31/h8-9,12-15H,6-7,10-11H2,1-5H3,(H,29,30,32). The van der Waals surface area contributed by atoms with Gasteiger partial charge in [-0.25, -0.2) is 9.78 Å². The molecular formula is C27H30N4O4. The molecule has 1 aliphatic heterocycles. The summed E-state index contributed by atoms with van der Waals surface area (Å²) in [5.41, 5.74) is 2.43. The molecule has 3 heterocycles. The minimum atomic E-state index is -0.669. The van der Waals surface area contributed by atoms with E-state index in [0.717, 1.165) is 37.2 Å². The topological polar surface area (TPSA) is 101 Å². The normalized spacial score (nSPS) is 13.4. The van der Waals surface area contributed by atoms with E-state index < -0.39 is 11.7 Å². The zero-order chi connectivity index (χ0) is 25.2. The second-order valence-corrected chi connectivity index (χ2v) is 9.54. The predicted octanol–water partition coefficient (Wildman–Crippen LogP) is 6.14. The SMILES string of the molecule is COc1cc(-c2cc(NC(=O)OC(C)(C)C)nc(-c3ccc(C)o3)c2C#N)cc(N2CCCC2)c1. The fourth-order valence-corrected chi connectivity index (χ4v) is 4.11. The first-order chi connectivity index (χ1) is 16.7. The maximum absolute atomic E-state index is 12.5. The number of aryl methyl sites for hydroxylation is 1. The highest BCUT2D eigenvalue weighted by Gasteiger charge is 2.23. The molecule has 0 spiro atoms. The van der Waals surface area contributed by atoms with Crippen LogP contribution in [0.25, 0.3) is 22.6 Å². The zero-order valence-corrected chi connectivity index (χ0v) is 20.8. The van der Waals surface area contributed by atoms with E-state index in [4.69, 9.17) is 13.9 Å². The van der Waals surface area contributed by atoms with Crippen molar-refractivity contribution in [2.45, 2.75) is 46.1 Å². The Morgan fingerprint density at radius 2 is 1.91 bits per heavy atom. The molecule has 1 amide bonds. The van der Waals surface area contributed by atoms with Gasteiger partial charge in [0.05, 0.1) is 12.7 Å². The highest BCUT2D eigenvalue weighted by Crippen LogP contribution is 2.38. The Morgan fingerprint density at radius 3 is 2.51 bits per heavy atom. The number of carbonyl (C=O) groups excluding carboxylic acids is 1. The molecule has 1 aromatic carbocycles. The fraction of sp³-hybridized carbons (Fsp3) is 0.370. The fourth-order valence-electron chi connectivity index (χ4n) is 4.11. The van der Waals surface area contributed by atoms with Crippen LogP contribution in [-0.4, -0.2) is 36.9 Å². The van der Waals surface area contributed by atoms with E-state index in [2.05, 4.69) is 21.3 Å². The number of ether oxygens (including phenoxy) is 2. The number of anilines is 2. The summed E-state index contributed by atoms with van der Waals surface area (Å²) in [6, 6.07) is 13.5. The molecule has 182 valence electrons. The molecule has 1 N–H and O–H groups in total. The van der Waals surface area contributed by atoms with Crippen molar-refractivity contribution >= 4 is 17.6 Å². The molecular weight excluding hydrogens is 444 g/mol. The van der Waals surface area contributed by atoms with E-state index in [1.54, 1.807) is 40.0 Å². The molecule has 8 heteroatoms. The summed E-state index contributed by atoms with van der Waals surface area (Å²) < 4.78 is 16.8. The van der Waals surface area contributed by atoms with Crippen LogP contribution < -0.4 is 15.0 Å². The van der Waals surface area contributed by atoms with Gasteiger partial charge in [0.25, 0.3) is 0 Å². The number of methoxy groups -OCH3 is 1. The number of hydrogen-bond acceptors (Lipinski definition) is 7. The van der Waals surface area contributed by atoms with Crippen LogP contribution >= 0.6 is 0 Å². The average molecular weight is 475 g/mol. The van der Waals surface area contributed by atoms with Gasteiger partial charge in [0, 0.05) is 30.4 Å². The van der Waals surface area contributed by atoms with E-state index in [1.165, 1.54) is 0 Å². The summed E-state index contributed by atoms with van der Waals surface area (Å²) in [7, 11) is 1.62. The number of hydrogen-bond donors (Lipinski definition) is 1. The molecule has 0 unspecified atom stereocenters. The van der Waals surface area contributed by atoms with Crippen LogP contribution in [0.1, 0.15) is 44.9 Å². The van der Waals surface area contributed by atoms with E-state index in [1.807, 2.05) is 31.2 Å². The highest BCUT2D eigenvalue weighted by atomic mass is 16.6. The summed E-state index contributed by atoms with van der Waals surface area (Å²) in [6.07, 6.45) is 1.64. The second-order valence-electron chi connectivity index (χ2n) is 9.54. The van der Waals surface area contributed by atoms with Gasteiger partial charge in [-0.05, 0) is 76.4 Å². The number of rotatable bonds is 5. The quantitative estimate of drug-likeness (QED) is 0.474. The van der Waals surface area contributed by atoms with Crippen molar-refractivity contribution in [2.24, 2.45) is 0 Å². The van der Waals surface area contributed by atoms with Crippen LogP contribution in [0.4, 0.5) is 16.3 Å². The van der Waals surface area contributed by atoms with E-state index in [-0.39, 0.29) is 5.82 Å². The summed E-state index contributed by atoms with van der Waals surface area (Å²) in [5.74, 6) is 2.07. The van der Waals surface area contributed by atoms with Crippen molar-refractivity contribution in [3.63, 3.8) is 0 Å². The first-order valence-corrected chi connectivity index (χ1v) is 11.6. The van der Waals surface area contributed by atoms with Crippen LogP contribution in [0.5, 0.6) is 5.75 Å². The molecule has 3 aromatic rings. The third-order valence-corrected chi connectivity index (χ3v) is 5.64. The number of nitrogens with zero attached hydrogens (tertiary/aromatic N) is 3. The maximum Gasteiger partial charge on any atom is 0.413 e. The van der Waals surface area contributed by atoms with E-state index >= 15 is 0 Å². The number of benzene rings is 1. The predicted molar refractivity (Wildman–Crippen MR) is 135 cm³/mol. The lowest BCUT2D eigenvalue weighted by Gasteiger charge is -2.21. The number of furan rings is 1. The number of nitriles is 1. The number of amides is 1. The molecule has 0 atom stereocenters. The lowest BCUT2D eigenvalue weighted by atomic mass is 9.97. The Bertz CT molecular complexity index is 1280. The van der Waals surface area contributed by atoms with Crippen LogP contribution in [0.3, 0.4) is 0 Å². The molecule has 2 aromatic heterocycles. The lowest BCUT2D eigenvalue weighted by molar-refractivity contribution is 0.0635.